The van der Waals surface area contributed by atoms with Crippen LogP contribution in [0.4, 0.5) is 10.1 Å². The van der Waals surface area contributed by atoms with Crippen molar-refractivity contribution in [3.63, 3.8) is 0 Å². The quantitative estimate of drug-likeness (QED) is 0.598. The van der Waals surface area contributed by atoms with E-state index in [0.29, 0.717) is 6.54 Å². The van der Waals surface area contributed by atoms with Gasteiger partial charge < -0.3 is 10.2 Å². The van der Waals surface area contributed by atoms with Gasteiger partial charge in [0.05, 0.1) is 11.5 Å². The highest BCUT2D eigenvalue weighted by atomic mass is 19.1. The molecule has 1 saturated carbocycles. The van der Waals surface area contributed by atoms with Crippen molar-refractivity contribution in [1.82, 2.24) is 10.2 Å². The monoisotopic (exact) mass is 371 g/mol. The molecule has 3 rings (SSSR count). The average molecular weight is 371 g/mol. The van der Waals surface area contributed by atoms with Gasteiger partial charge in [-0.05, 0) is 36.6 Å². The van der Waals surface area contributed by atoms with Crippen molar-refractivity contribution in [2.24, 2.45) is 0 Å². The molecule has 27 heavy (non-hydrogen) atoms. The maximum absolute atomic E-state index is 13.0. The van der Waals surface area contributed by atoms with Crippen LogP contribution in [0.15, 0.2) is 48.5 Å². The van der Waals surface area contributed by atoms with Crippen LogP contribution in [0.25, 0.3) is 0 Å². The summed E-state index contributed by atoms with van der Waals surface area (Å²) in [6, 6.07) is 11.4. The van der Waals surface area contributed by atoms with E-state index in [-0.39, 0.29) is 35.6 Å². The van der Waals surface area contributed by atoms with Gasteiger partial charge in [0, 0.05) is 30.3 Å². The molecule has 0 unspecified atom stereocenters. The van der Waals surface area contributed by atoms with Crippen LogP contribution in [0.1, 0.15) is 28.8 Å². The third kappa shape index (κ3) is 4.87. The first-order valence-electron chi connectivity index (χ1n) is 8.50. The summed E-state index contributed by atoms with van der Waals surface area (Å²) in [4.78, 5) is 36.6. The topological polar surface area (TPSA) is 92.6 Å². The number of nitro groups is 1. The minimum atomic E-state index is -0.584. The van der Waals surface area contributed by atoms with E-state index in [4.69, 9.17) is 0 Å². The molecule has 2 aromatic carbocycles. The number of carbonyl (C=O) groups excluding carboxylic acids is 2. The molecule has 1 N–H and O–H groups in total. The second-order valence-corrected chi connectivity index (χ2v) is 6.37. The van der Waals surface area contributed by atoms with Crippen LogP contribution in [-0.4, -0.2) is 34.2 Å². The fraction of sp³-hybridized carbons (Fsp3) is 0.263. The first-order chi connectivity index (χ1) is 12.9. The van der Waals surface area contributed by atoms with Gasteiger partial charge in [0.25, 0.3) is 11.6 Å². The molecule has 8 heteroatoms. The van der Waals surface area contributed by atoms with Gasteiger partial charge in [-0.2, -0.15) is 0 Å². The number of rotatable bonds is 7. The molecule has 1 aliphatic rings. The van der Waals surface area contributed by atoms with Gasteiger partial charge >= 0.3 is 0 Å². The Morgan fingerprint density at radius 3 is 2.52 bits per heavy atom. The number of carbonyl (C=O) groups is 2. The van der Waals surface area contributed by atoms with Crippen LogP contribution < -0.4 is 5.32 Å². The van der Waals surface area contributed by atoms with Crippen molar-refractivity contribution in [3.05, 3.63) is 75.6 Å². The minimum Gasteiger partial charge on any atom is -0.343 e. The fourth-order valence-electron chi connectivity index (χ4n) is 2.71. The Morgan fingerprint density at radius 2 is 1.89 bits per heavy atom. The highest BCUT2D eigenvalue weighted by molar-refractivity contribution is 5.97. The van der Waals surface area contributed by atoms with E-state index in [1.807, 2.05) is 0 Å². The Bertz CT molecular complexity index is 866. The maximum atomic E-state index is 13.0. The van der Waals surface area contributed by atoms with Crippen LogP contribution in [0, 0.1) is 15.9 Å². The van der Waals surface area contributed by atoms with Gasteiger partial charge in [0.15, 0.2) is 0 Å². The number of benzene rings is 2. The molecule has 2 aromatic rings. The Balaban J connectivity index is 1.61. The summed E-state index contributed by atoms with van der Waals surface area (Å²) in [5, 5.41) is 13.3. The Labute approximate surface area is 154 Å². The number of hydrogen-bond acceptors (Lipinski definition) is 4. The van der Waals surface area contributed by atoms with Gasteiger partial charge in [-0.15, -0.1) is 0 Å². The molecule has 0 aliphatic heterocycles. The van der Waals surface area contributed by atoms with E-state index in [0.717, 1.165) is 24.5 Å². The summed E-state index contributed by atoms with van der Waals surface area (Å²) in [6.45, 7) is 0.135. The Morgan fingerprint density at radius 1 is 1.19 bits per heavy atom. The molecule has 1 fully saturated rings. The number of halogens is 1. The molecule has 2 amide bonds. The van der Waals surface area contributed by atoms with Gasteiger partial charge in [-0.1, -0.05) is 18.2 Å². The molecular weight excluding hydrogens is 353 g/mol. The number of amides is 2. The average Bonchev–Trinajstić information content (AvgIpc) is 3.50. The zero-order valence-corrected chi connectivity index (χ0v) is 14.4. The van der Waals surface area contributed by atoms with Crippen molar-refractivity contribution < 1.29 is 18.9 Å². The molecule has 0 radical (unpaired) electrons. The molecule has 140 valence electrons. The van der Waals surface area contributed by atoms with Crippen LogP contribution in [0.3, 0.4) is 0 Å². The summed E-state index contributed by atoms with van der Waals surface area (Å²) in [7, 11) is 0. The molecule has 0 spiro atoms. The normalized spacial score (nSPS) is 13.1. The molecule has 1 aliphatic carbocycles. The summed E-state index contributed by atoms with van der Waals surface area (Å²) >= 11 is 0. The van der Waals surface area contributed by atoms with Gasteiger partial charge in [-0.25, -0.2) is 4.39 Å². The fourth-order valence-corrected chi connectivity index (χ4v) is 2.71. The third-order valence-electron chi connectivity index (χ3n) is 4.29. The van der Waals surface area contributed by atoms with Crippen LogP contribution in [-0.2, 0) is 11.3 Å². The van der Waals surface area contributed by atoms with Gasteiger partial charge in [0.1, 0.15) is 5.82 Å². The lowest BCUT2D eigenvalue weighted by molar-refractivity contribution is -0.384. The second-order valence-electron chi connectivity index (χ2n) is 6.37. The van der Waals surface area contributed by atoms with Crippen molar-refractivity contribution >= 4 is 17.5 Å². The molecule has 0 heterocycles. The largest absolute Gasteiger partial charge is 0.343 e. The zero-order valence-electron chi connectivity index (χ0n) is 14.4. The summed E-state index contributed by atoms with van der Waals surface area (Å²) in [5.41, 5.74) is 0.736. The van der Waals surface area contributed by atoms with Crippen molar-refractivity contribution in [3.8, 4) is 0 Å². The van der Waals surface area contributed by atoms with E-state index in [9.17, 15) is 24.1 Å². The van der Waals surface area contributed by atoms with E-state index in [1.165, 1.54) is 30.3 Å². The Hall–Kier alpha value is -3.29. The van der Waals surface area contributed by atoms with Crippen molar-refractivity contribution in [2.75, 3.05) is 6.54 Å². The molecule has 0 aromatic heterocycles. The number of non-ortho nitro benzene ring substituents is 1. The van der Waals surface area contributed by atoms with E-state index in [2.05, 4.69) is 5.32 Å². The lowest BCUT2D eigenvalue weighted by Gasteiger charge is -2.23. The molecule has 0 saturated heterocycles. The van der Waals surface area contributed by atoms with Crippen LogP contribution in [0.5, 0.6) is 0 Å². The standard InChI is InChI=1S/C19H18FN3O4/c20-15-6-4-13(5-7-15)12-22(16-8-9-16)18(24)11-21-19(25)14-2-1-3-17(10-14)23(26)27/h1-7,10,16H,8-9,11-12H2,(H,21,25). The smallest absolute Gasteiger partial charge is 0.270 e. The van der Waals surface area contributed by atoms with Crippen LogP contribution in [0.2, 0.25) is 0 Å². The lowest BCUT2D eigenvalue weighted by atomic mass is 10.2. The van der Waals surface area contributed by atoms with Crippen molar-refractivity contribution in [1.29, 1.82) is 0 Å². The van der Waals surface area contributed by atoms with Gasteiger partial charge in [-0.3, -0.25) is 19.7 Å². The predicted molar refractivity (Wildman–Crippen MR) is 95.4 cm³/mol. The number of nitrogens with zero attached hydrogens (tertiary/aromatic N) is 2. The first kappa shape index (κ1) is 18.5. The minimum absolute atomic E-state index is 0.119. The SMILES string of the molecule is O=C(NCC(=O)N(Cc1ccc(F)cc1)C1CC1)c1cccc([N+](=O)[O-])c1. The third-order valence-corrected chi connectivity index (χ3v) is 4.29. The molecule has 0 atom stereocenters. The van der Waals surface area contributed by atoms with E-state index >= 15 is 0 Å². The predicted octanol–water partition coefficient (Wildman–Crippen LogP) is 2.65. The number of nitrogens with one attached hydrogen (secondary N) is 1. The first-order valence-corrected chi connectivity index (χ1v) is 8.50. The summed E-state index contributed by atoms with van der Waals surface area (Å²) in [6.07, 6.45) is 1.79. The number of hydrogen-bond donors (Lipinski definition) is 1. The molecular formula is C19H18FN3O4. The van der Waals surface area contributed by atoms with E-state index < -0.39 is 10.8 Å². The second kappa shape index (κ2) is 7.94. The molecule has 0 bridgehead atoms. The summed E-state index contributed by atoms with van der Waals surface area (Å²) in [5.74, 6) is -1.14. The van der Waals surface area contributed by atoms with Crippen LogP contribution >= 0.6 is 0 Å². The van der Waals surface area contributed by atoms with Gasteiger partial charge in [0.2, 0.25) is 5.91 Å². The Kier molecular flexibility index (Phi) is 5.44. The van der Waals surface area contributed by atoms with Crippen molar-refractivity contribution in [2.45, 2.75) is 25.4 Å². The number of nitro benzene ring substituents is 1. The lowest BCUT2D eigenvalue weighted by Crippen LogP contribution is -2.41. The zero-order chi connectivity index (χ0) is 19.4. The highest BCUT2D eigenvalue weighted by Crippen LogP contribution is 2.28. The molecule has 7 nitrogen and oxygen atoms in total. The van der Waals surface area contributed by atoms with E-state index in [1.54, 1.807) is 17.0 Å². The highest BCUT2D eigenvalue weighted by Gasteiger charge is 2.32. The maximum Gasteiger partial charge on any atom is 0.270 e. The summed E-state index contributed by atoms with van der Waals surface area (Å²) < 4.78 is 13.0.